The van der Waals surface area contributed by atoms with Crippen LogP contribution >= 0.6 is 0 Å². The maximum absolute atomic E-state index is 6.35. The highest BCUT2D eigenvalue weighted by atomic mass is 28.3. The number of aromatic nitrogens is 2. The summed E-state index contributed by atoms with van der Waals surface area (Å²) >= 11 is 0. The predicted molar refractivity (Wildman–Crippen MR) is 373 cm³/mol. The quantitative estimate of drug-likeness (QED) is 0.0935. The van der Waals surface area contributed by atoms with Crippen LogP contribution in [0.1, 0.15) is 0 Å². The van der Waals surface area contributed by atoms with Gasteiger partial charge in [0.05, 0.1) is 27.8 Å². The van der Waals surface area contributed by atoms with Crippen LogP contribution in [-0.2, 0) is 0 Å². The summed E-state index contributed by atoms with van der Waals surface area (Å²) < 4.78 is 11.4. The molecule has 3 heterocycles. The van der Waals surface area contributed by atoms with E-state index in [9.17, 15) is 0 Å². The molecule has 0 unspecified atom stereocenters. The number of furan rings is 1. The Morgan fingerprint density at radius 2 is 0.682 bits per heavy atom. The van der Waals surface area contributed by atoms with E-state index >= 15 is 0 Å². The first kappa shape index (κ1) is 51.1. The fourth-order valence-electron chi connectivity index (χ4n) is 14.3. The van der Waals surface area contributed by atoms with Gasteiger partial charge < -0.3 is 13.6 Å². The third kappa shape index (κ3) is 8.25. The molecule has 0 aliphatic carbocycles. The Hall–Kier alpha value is -11.3. The molecule has 412 valence electrons. The number of fused-ring (bicyclic) bond motifs is 9. The zero-order chi connectivity index (χ0) is 58.1. The molecule has 0 bridgehead atoms. The molecule has 0 fully saturated rings. The van der Waals surface area contributed by atoms with Crippen LogP contribution < -0.4 is 20.7 Å². The average molecular weight is 1140 g/mol. The molecular weight excluding hydrogens is 1080 g/mol. The Morgan fingerprint density at radius 3 is 1.27 bits per heavy atom. The van der Waals surface area contributed by atoms with Gasteiger partial charge in [-0.2, -0.15) is 0 Å². The average Bonchev–Trinajstić information content (AvgIpc) is 1.52. The van der Waals surface area contributed by atoms with Crippen molar-refractivity contribution in [2.24, 2.45) is 0 Å². The van der Waals surface area contributed by atoms with E-state index in [-0.39, 0.29) is 0 Å². The Bertz CT molecular complexity index is 5320. The molecular formula is C84H56N2OSi. The lowest BCUT2D eigenvalue weighted by molar-refractivity contribution is 0.669. The molecule has 0 aliphatic heterocycles. The van der Waals surface area contributed by atoms with E-state index in [4.69, 9.17) is 4.42 Å². The van der Waals surface area contributed by atoms with E-state index in [0.29, 0.717) is 0 Å². The van der Waals surface area contributed by atoms with E-state index < -0.39 is 8.07 Å². The number of rotatable bonds is 11. The lowest BCUT2D eigenvalue weighted by Gasteiger charge is -2.36. The zero-order valence-corrected chi connectivity index (χ0v) is 49.1. The second-order valence-corrected chi connectivity index (χ2v) is 26.9. The molecule has 14 aromatic carbocycles. The summed E-state index contributed by atoms with van der Waals surface area (Å²) in [4.78, 5) is 0. The van der Waals surface area contributed by atoms with Crippen molar-refractivity contribution >= 4 is 94.4 Å². The Balaban J connectivity index is 0.959. The van der Waals surface area contributed by atoms with Crippen molar-refractivity contribution in [3.63, 3.8) is 0 Å². The van der Waals surface area contributed by atoms with Crippen molar-refractivity contribution in [2.75, 3.05) is 0 Å². The molecule has 0 aliphatic rings. The van der Waals surface area contributed by atoms with Crippen LogP contribution in [0.4, 0.5) is 0 Å². The fraction of sp³-hybridized carbons (Fsp3) is 0. The number of hydrogen-bond acceptors (Lipinski definition) is 1. The van der Waals surface area contributed by atoms with Crippen molar-refractivity contribution in [1.29, 1.82) is 0 Å². The van der Waals surface area contributed by atoms with Gasteiger partial charge >= 0.3 is 0 Å². The first-order valence-corrected chi connectivity index (χ1v) is 32.3. The van der Waals surface area contributed by atoms with Crippen LogP contribution in [-0.4, -0.2) is 17.2 Å². The lowest BCUT2D eigenvalue weighted by Crippen LogP contribution is -2.74. The number of para-hydroxylation sites is 4. The maximum Gasteiger partial charge on any atom is 0.179 e. The molecule has 3 aromatic heterocycles. The standard InChI is InChI=1S/C84H56N2OSi/c1-7-26-57(27-8-1)62-50-63(58-28-9-2-10-29-58)52-67(51-62)88(65-34-15-5-16-35-65,66-36-17-6-18-37-66)68-55-74(59-30-11-3-12-31-59)84(75(56-68)60-32-13-4-14-33-60)86-79-44-23-20-39-71(79)76-54-64(47-48-80(76)86)85-78-43-22-19-38-70(78)73-42-25-41-69(83(73)85)61-46-49-82-77(53-61)72-40-21-24-45-81(72)87-82/h1-56H. The Labute approximate surface area is 511 Å². The SMILES string of the molecule is c1ccc(-c2cc(-c3ccccc3)cc([Si](c3ccccc3)(c3ccccc3)c3cc(-c4ccccc4)c(-n4c5ccccc5c5cc(-n6c7ccccc7c7cccc(-c8ccc9oc%10ccccc%10c9c8)c76)ccc54)c(-c4ccccc4)c3)c2)cc1. The second kappa shape index (κ2) is 21.0. The molecule has 3 nitrogen and oxygen atoms in total. The first-order valence-electron chi connectivity index (χ1n) is 30.3. The molecule has 17 rings (SSSR count). The summed E-state index contributed by atoms with van der Waals surface area (Å²) in [5.74, 6) is 0. The minimum Gasteiger partial charge on any atom is -0.456 e. The van der Waals surface area contributed by atoms with E-state index in [1.807, 2.05) is 6.07 Å². The summed E-state index contributed by atoms with van der Waals surface area (Å²) in [6, 6.07) is 126. The van der Waals surface area contributed by atoms with Crippen molar-refractivity contribution in [1.82, 2.24) is 9.13 Å². The van der Waals surface area contributed by atoms with Gasteiger partial charge in [0.1, 0.15) is 11.2 Å². The molecule has 0 radical (unpaired) electrons. The van der Waals surface area contributed by atoms with Crippen LogP contribution in [0.15, 0.2) is 344 Å². The van der Waals surface area contributed by atoms with E-state index in [0.717, 1.165) is 83.2 Å². The highest BCUT2D eigenvalue weighted by Gasteiger charge is 2.43. The molecule has 0 N–H and O–H groups in total. The highest BCUT2D eigenvalue weighted by Crippen LogP contribution is 2.45. The Kier molecular flexibility index (Phi) is 12.2. The van der Waals surface area contributed by atoms with Gasteiger partial charge in [-0.15, -0.1) is 0 Å². The minimum atomic E-state index is -3.32. The van der Waals surface area contributed by atoms with Gasteiger partial charge in [0, 0.05) is 54.7 Å². The lowest BCUT2D eigenvalue weighted by atomic mass is 9.95. The van der Waals surface area contributed by atoms with Gasteiger partial charge in [-0.3, -0.25) is 0 Å². The monoisotopic (exact) mass is 1140 g/mol. The molecule has 0 saturated heterocycles. The topological polar surface area (TPSA) is 23.0 Å². The maximum atomic E-state index is 6.35. The van der Waals surface area contributed by atoms with E-state index in [2.05, 4.69) is 343 Å². The third-order valence-electron chi connectivity index (χ3n) is 18.2. The normalized spacial score (nSPS) is 11.9. The summed E-state index contributed by atoms with van der Waals surface area (Å²) in [6.45, 7) is 0. The molecule has 17 aromatic rings. The van der Waals surface area contributed by atoms with Crippen LogP contribution in [0, 0.1) is 0 Å². The zero-order valence-electron chi connectivity index (χ0n) is 48.1. The fourth-order valence-corrected chi connectivity index (χ4v) is 19.2. The van der Waals surface area contributed by atoms with Crippen molar-refractivity contribution < 1.29 is 4.42 Å². The first-order chi connectivity index (χ1) is 43.7. The van der Waals surface area contributed by atoms with E-state index in [1.165, 1.54) is 70.1 Å². The highest BCUT2D eigenvalue weighted by molar-refractivity contribution is 7.20. The van der Waals surface area contributed by atoms with Gasteiger partial charge in [-0.25, -0.2) is 0 Å². The van der Waals surface area contributed by atoms with Gasteiger partial charge in [-0.1, -0.05) is 285 Å². The van der Waals surface area contributed by atoms with Crippen molar-refractivity contribution in [3.05, 3.63) is 340 Å². The Morgan fingerprint density at radius 1 is 0.227 bits per heavy atom. The molecule has 0 saturated carbocycles. The van der Waals surface area contributed by atoms with Gasteiger partial charge in [0.2, 0.25) is 0 Å². The van der Waals surface area contributed by atoms with Gasteiger partial charge in [-0.05, 0) is 114 Å². The summed E-state index contributed by atoms with van der Waals surface area (Å²) in [5, 5.41) is 12.2. The van der Waals surface area contributed by atoms with Crippen LogP contribution in [0.5, 0.6) is 0 Å². The largest absolute Gasteiger partial charge is 0.456 e. The van der Waals surface area contributed by atoms with Gasteiger partial charge in [0.15, 0.2) is 8.07 Å². The predicted octanol–water partition coefficient (Wildman–Crippen LogP) is 19.5. The minimum absolute atomic E-state index is 0.889. The van der Waals surface area contributed by atoms with Crippen LogP contribution in [0.3, 0.4) is 0 Å². The summed E-state index contributed by atoms with van der Waals surface area (Å²) in [5.41, 5.74) is 20.3. The molecule has 0 spiro atoms. The third-order valence-corrected chi connectivity index (χ3v) is 22.9. The molecule has 0 atom stereocenters. The second-order valence-electron chi connectivity index (χ2n) is 23.1. The number of nitrogens with zero attached hydrogens (tertiary/aromatic N) is 2. The molecule has 88 heavy (non-hydrogen) atoms. The smallest absolute Gasteiger partial charge is 0.179 e. The van der Waals surface area contributed by atoms with E-state index in [1.54, 1.807) is 0 Å². The summed E-state index contributed by atoms with van der Waals surface area (Å²) in [6.07, 6.45) is 0. The number of hydrogen-bond donors (Lipinski definition) is 0. The number of benzene rings is 14. The van der Waals surface area contributed by atoms with Crippen LogP contribution in [0.2, 0.25) is 0 Å². The summed E-state index contributed by atoms with van der Waals surface area (Å²) in [7, 11) is -3.32. The van der Waals surface area contributed by atoms with Crippen molar-refractivity contribution in [3.8, 4) is 67.0 Å². The van der Waals surface area contributed by atoms with Gasteiger partial charge in [0.25, 0.3) is 0 Å². The molecule has 4 heteroatoms. The van der Waals surface area contributed by atoms with Crippen molar-refractivity contribution in [2.45, 2.75) is 0 Å². The van der Waals surface area contributed by atoms with Crippen LogP contribution in [0.25, 0.3) is 133 Å². The molecule has 0 amide bonds.